The largest absolute Gasteiger partial charge is 0.507 e. The molecule has 6 nitrogen and oxygen atoms in total. The van der Waals surface area contributed by atoms with Crippen molar-refractivity contribution in [1.82, 2.24) is 14.9 Å². The summed E-state index contributed by atoms with van der Waals surface area (Å²) >= 11 is 0. The minimum absolute atomic E-state index is 0.0754. The van der Waals surface area contributed by atoms with E-state index in [4.69, 9.17) is 0 Å². The van der Waals surface area contributed by atoms with Gasteiger partial charge in [-0.3, -0.25) is 19.6 Å². The van der Waals surface area contributed by atoms with Gasteiger partial charge in [-0.25, -0.2) is 4.39 Å². The Labute approximate surface area is 172 Å². The Morgan fingerprint density at radius 1 is 1.13 bits per heavy atom. The van der Waals surface area contributed by atoms with E-state index in [1.165, 1.54) is 23.1 Å². The molecule has 150 valence electrons. The Hall–Kier alpha value is -3.87. The van der Waals surface area contributed by atoms with E-state index in [1.807, 2.05) is 0 Å². The van der Waals surface area contributed by atoms with Crippen LogP contribution in [0.15, 0.2) is 72.7 Å². The fourth-order valence-electron chi connectivity index (χ4n) is 3.52. The third-order valence-electron chi connectivity index (χ3n) is 5.01. The van der Waals surface area contributed by atoms with Crippen LogP contribution in [0.5, 0.6) is 0 Å². The highest BCUT2D eigenvalue weighted by molar-refractivity contribution is 6.46. The molecule has 1 saturated heterocycles. The molecular formula is C23H18FN3O3. The summed E-state index contributed by atoms with van der Waals surface area (Å²) in [6.07, 6.45) is 4.78. The van der Waals surface area contributed by atoms with Crippen molar-refractivity contribution in [2.24, 2.45) is 0 Å². The Bertz CT molecular complexity index is 1150. The predicted molar refractivity (Wildman–Crippen MR) is 107 cm³/mol. The fraction of sp³-hybridized carbons (Fsp3) is 0.130. The number of carbonyl (C=O) groups excluding carboxylic acids is 2. The van der Waals surface area contributed by atoms with Crippen molar-refractivity contribution < 1.29 is 19.1 Å². The average molecular weight is 403 g/mol. The van der Waals surface area contributed by atoms with E-state index in [0.717, 1.165) is 5.56 Å². The van der Waals surface area contributed by atoms with Crippen LogP contribution in [0, 0.1) is 12.7 Å². The maximum atomic E-state index is 13.7. The number of amides is 1. The molecule has 1 aliphatic heterocycles. The number of aromatic nitrogens is 2. The Kier molecular flexibility index (Phi) is 5.10. The Morgan fingerprint density at radius 2 is 1.97 bits per heavy atom. The number of nitrogens with zero attached hydrogens (tertiary/aromatic N) is 3. The van der Waals surface area contributed by atoms with Crippen LogP contribution in [0.2, 0.25) is 0 Å². The first-order chi connectivity index (χ1) is 14.5. The topological polar surface area (TPSA) is 83.4 Å². The number of benzene rings is 1. The molecule has 1 N–H and O–H groups in total. The number of hydrogen-bond donors (Lipinski definition) is 1. The highest BCUT2D eigenvalue weighted by Crippen LogP contribution is 2.39. The van der Waals surface area contributed by atoms with Gasteiger partial charge in [0, 0.05) is 30.7 Å². The van der Waals surface area contributed by atoms with Gasteiger partial charge in [0.05, 0.1) is 11.3 Å². The van der Waals surface area contributed by atoms with E-state index in [-0.39, 0.29) is 23.4 Å². The second kappa shape index (κ2) is 7.87. The van der Waals surface area contributed by atoms with Gasteiger partial charge in [0.1, 0.15) is 17.6 Å². The summed E-state index contributed by atoms with van der Waals surface area (Å²) < 4.78 is 13.7. The zero-order valence-electron chi connectivity index (χ0n) is 16.1. The fourth-order valence-corrected chi connectivity index (χ4v) is 3.52. The molecule has 0 aliphatic carbocycles. The second-order valence-corrected chi connectivity index (χ2v) is 7.01. The lowest BCUT2D eigenvalue weighted by Gasteiger charge is -2.24. The number of aryl methyl sites for hydroxylation is 1. The number of likely N-dealkylation sites (tertiary alicyclic amines) is 1. The number of rotatable bonds is 4. The van der Waals surface area contributed by atoms with Crippen molar-refractivity contribution in [3.8, 4) is 0 Å². The molecule has 1 unspecified atom stereocenters. The van der Waals surface area contributed by atoms with Crippen molar-refractivity contribution in [1.29, 1.82) is 0 Å². The molecule has 3 aromatic rings. The maximum absolute atomic E-state index is 13.7. The molecule has 1 atom stereocenters. The van der Waals surface area contributed by atoms with E-state index in [1.54, 1.807) is 55.8 Å². The van der Waals surface area contributed by atoms with Crippen molar-refractivity contribution in [2.75, 3.05) is 0 Å². The molecule has 3 heterocycles. The van der Waals surface area contributed by atoms with Crippen LogP contribution in [-0.2, 0) is 16.1 Å². The number of pyridine rings is 2. The van der Waals surface area contributed by atoms with Crippen LogP contribution < -0.4 is 0 Å². The average Bonchev–Trinajstić information content (AvgIpc) is 3.01. The van der Waals surface area contributed by atoms with Crippen molar-refractivity contribution in [3.63, 3.8) is 0 Å². The first-order valence-corrected chi connectivity index (χ1v) is 9.32. The minimum Gasteiger partial charge on any atom is -0.507 e. The van der Waals surface area contributed by atoms with Gasteiger partial charge in [-0.05, 0) is 54.4 Å². The van der Waals surface area contributed by atoms with Gasteiger partial charge >= 0.3 is 0 Å². The standard InChI is InChI=1S/C23H18FN3O3/c1-14-11-16(7-8-17(14)24)21(28)19-20(18-6-2-3-10-26-18)27(23(30)22(19)29)13-15-5-4-9-25-12-15/h2-12,20,28H,13H2,1H3/b21-19-. The zero-order valence-corrected chi connectivity index (χ0v) is 16.1. The highest BCUT2D eigenvalue weighted by atomic mass is 19.1. The molecule has 1 aromatic carbocycles. The maximum Gasteiger partial charge on any atom is 0.296 e. The number of aliphatic hydroxyl groups excluding tert-OH is 1. The van der Waals surface area contributed by atoms with Crippen LogP contribution in [0.25, 0.3) is 5.76 Å². The Balaban J connectivity index is 1.86. The molecule has 4 rings (SSSR count). The van der Waals surface area contributed by atoms with Crippen LogP contribution >= 0.6 is 0 Å². The Morgan fingerprint density at radius 3 is 2.63 bits per heavy atom. The smallest absolute Gasteiger partial charge is 0.296 e. The van der Waals surface area contributed by atoms with Crippen LogP contribution in [0.3, 0.4) is 0 Å². The number of halogens is 1. The summed E-state index contributed by atoms with van der Waals surface area (Å²) in [6.45, 7) is 1.68. The minimum atomic E-state index is -0.878. The summed E-state index contributed by atoms with van der Waals surface area (Å²) in [5.74, 6) is -2.34. The molecule has 0 saturated carbocycles. The van der Waals surface area contributed by atoms with Crippen molar-refractivity contribution in [2.45, 2.75) is 19.5 Å². The van der Waals surface area contributed by atoms with Gasteiger partial charge in [-0.1, -0.05) is 12.1 Å². The van der Waals surface area contributed by atoms with Gasteiger partial charge < -0.3 is 10.0 Å². The number of hydrogen-bond acceptors (Lipinski definition) is 5. The normalized spacial score (nSPS) is 18.1. The molecule has 0 radical (unpaired) electrons. The number of ketones is 1. The zero-order chi connectivity index (χ0) is 21.3. The SMILES string of the molecule is Cc1cc(/C(O)=C2/C(=O)C(=O)N(Cc3cccnc3)C2c2ccccn2)ccc1F. The lowest BCUT2D eigenvalue weighted by Crippen LogP contribution is -2.29. The first-order valence-electron chi connectivity index (χ1n) is 9.32. The van der Waals surface area contributed by atoms with Crippen LogP contribution in [0.1, 0.15) is 28.4 Å². The predicted octanol–water partition coefficient (Wildman–Crippen LogP) is 3.55. The monoisotopic (exact) mass is 403 g/mol. The lowest BCUT2D eigenvalue weighted by atomic mass is 9.97. The number of Topliss-reactive ketones (excluding diaryl/α,β-unsaturated/α-hetero) is 1. The van der Waals surface area contributed by atoms with E-state index in [2.05, 4.69) is 9.97 Å². The second-order valence-electron chi connectivity index (χ2n) is 7.01. The molecule has 30 heavy (non-hydrogen) atoms. The van der Waals surface area contributed by atoms with Crippen molar-refractivity contribution >= 4 is 17.4 Å². The highest BCUT2D eigenvalue weighted by Gasteiger charge is 2.46. The molecule has 2 aromatic heterocycles. The lowest BCUT2D eigenvalue weighted by molar-refractivity contribution is -0.140. The molecule has 7 heteroatoms. The third kappa shape index (κ3) is 3.45. The molecule has 1 aliphatic rings. The number of carbonyl (C=O) groups is 2. The quantitative estimate of drug-likeness (QED) is 0.409. The van der Waals surface area contributed by atoms with E-state index >= 15 is 0 Å². The summed E-state index contributed by atoms with van der Waals surface area (Å²) in [6, 6.07) is 11.8. The van der Waals surface area contributed by atoms with Crippen molar-refractivity contribution in [3.05, 3.63) is 101 Å². The van der Waals surface area contributed by atoms with E-state index < -0.39 is 23.5 Å². The van der Waals surface area contributed by atoms with Crippen LogP contribution in [-0.4, -0.2) is 31.7 Å². The molecule has 1 fully saturated rings. The molecule has 1 amide bonds. The van der Waals surface area contributed by atoms with Crippen LogP contribution in [0.4, 0.5) is 4.39 Å². The van der Waals surface area contributed by atoms with Gasteiger partial charge in [-0.2, -0.15) is 0 Å². The summed E-state index contributed by atoms with van der Waals surface area (Å²) in [5.41, 5.74) is 1.68. The third-order valence-corrected chi connectivity index (χ3v) is 5.01. The van der Waals surface area contributed by atoms with E-state index in [0.29, 0.717) is 11.3 Å². The number of aliphatic hydroxyl groups is 1. The first kappa shape index (κ1) is 19.4. The van der Waals surface area contributed by atoms with Gasteiger partial charge in [0.15, 0.2) is 0 Å². The molecule has 0 spiro atoms. The molecular weight excluding hydrogens is 385 g/mol. The van der Waals surface area contributed by atoms with Gasteiger partial charge in [0.25, 0.3) is 11.7 Å². The van der Waals surface area contributed by atoms with Gasteiger partial charge in [-0.15, -0.1) is 0 Å². The van der Waals surface area contributed by atoms with Gasteiger partial charge in [0.2, 0.25) is 0 Å². The van der Waals surface area contributed by atoms with E-state index in [9.17, 15) is 19.1 Å². The molecule has 0 bridgehead atoms. The summed E-state index contributed by atoms with van der Waals surface area (Å²) in [4.78, 5) is 35.5. The summed E-state index contributed by atoms with van der Waals surface area (Å²) in [5, 5.41) is 11.0. The summed E-state index contributed by atoms with van der Waals surface area (Å²) in [7, 11) is 0.